The molecule has 114 valence electrons. The first-order valence-electron chi connectivity index (χ1n) is 8.12. The fourth-order valence-corrected chi connectivity index (χ4v) is 3.89. The number of imidazole rings is 1. The average Bonchev–Trinajstić information content (AvgIpc) is 2.85. The van der Waals surface area contributed by atoms with Gasteiger partial charge in [0.15, 0.2) is 0 Å². The SMILES string of the molecule is CCCn1c(C(N)C2CCCCC2)nc2cc(Br)ccc21. The summed E-state index contributed by atoms with van der Waals surface area (Å²) in [7, 11) is 0. The molecule has 0 spiro atoms. The summed E-state index contributed by atoms with van der Waals surface area (Å²) in [5.74, 6) is 1.67. The van der Waals surface area contributed by atoms with E-state index in [9.17, 15) is 0 Å². The van der Waals surface area contributed by atoms with E-state index >= 15 is 0 Å². The van der Waals surface area contributed by atoms with Gasteiger partial charge >= 0.3 is 0 Å². The van der Waals surface area contributed by atoms with Gasteiger partial charge < -0.3 is 10.3 Å². The Morgan fingerprint density at radius 3 is 2.81 bits per heavy atom. The van der Waals surface area contributed by atoms with Crippen LogP contribution in [0.5, 0.6) is 0 Å². The van der Waals surface area contributed by atoms with Crippen molar-refractivity contribution in [1.29, 1.82) is 0 Å². The van der Waals surface area contributed by atoms with Gasteiger partial charge in [0.05, 0.1) is 17.1 Å². The van der Waals surface area contributed by atoms with E-state index in [1.165, 1.54) is 37.6 Å². The van der Waals surface area contributed by atoms with E-state index in [-0.39, 0.29) is 6.04 Å². The van der Waals surface area contributed by atoms with Crippen LogP contribution in [-0.4, -0.2) is 9.55 Å². The summed E-state index contributed by atoms with van der Waals surface area (Å²) in [6.45, 7) is 3.20. The molecule has 1 aliphatic carbocycles. The number of fused-ring (bicyclic) bond motifs is 1. The lowest BCUT2D eigenvalue weighted by molar-refractivity contribution is 0.296. The van der Waals surface area contributed by atoms with Crippen LogP contribution in [0.3, 0.4) is 0 Å². The smallest absolute Gasteiger partial charge is 0.127 e. The fourth-order valence-electron chi connectivity index (χ4n) is 3.54. The van der Waals surface area contributed by atoms with Crippen molar-refractivity contribution in [3.63, 3.8) is 0 Å². The van der Waals surface area contributed by atoms with Gasteiger partial charge in [0.25, 0.3) is 0 Å². The zero-order valence-corrected chi connectivity index (χ0v) is 14.3. The van der Waals surface area contributed by atoms with Crippen LogP contribution in [-0.2, 0) is 6.54 Å². The summed E-state index contributed by atoms with van der Waals surface area (Å²) in [4.78, 5) is 4.88. The Balaban J connectivity index is 2.01. The maximum Gasteiger partial charge on any atom is 0.127 e. The average molecular weight is 350 g/mol. The van der Waals surface area contributed by atoms with Crippen molar-refractivity contribution < 1.29 is 0 Å². The predicted molar refractivity (Wildman–Crippen MR) is 91.2 cm³/mol. The van der Waals surface area contributed by atoms with Gasteiger partial charge in [-0.2, -0.15) is 0 Å². The van der Waals surface area contributed by atoms with Crippen molar-refractivity contribution >= 4 is 27.0 Å². The van der Waals surface area contributed by atoms with Crippen LogP contribution in [0.4, 0.5) is 0 Å². The van der Waals surface area contributed by atoms with Gasteiger partial charge in [-0.05, 0) is 43.4 Å². The Bertz CT molecular complexity index is 614. The Morgan fingerprint density at radius 1 is 1.33 bits per heavy atom. The van der Waals surface area contributed by atoms with E-state index in [4.69, 9.17) is 10.7 Å². The minimum atomic E-state index is 0.0722. The van der Waals surface area contributed by atoms with Crippen molar-refractivity contribution in [1.82, 2.24) is 9.55 Å². The van der Waals surface area contributed by atoms with Gasteiger partial charge in [0.2, 0.25) is 0 Å². The Labute approximate surface area is 135 Å². The van der Waals surface area contributed by atoms with E-state index in [0.717, 1.165) is 28.8 Å². The third-order valence-corrected chi connectivity index (χ3v) is 5.14. The predicted octanol–water partition coefficient (Wildman–Crippen LogP) is 4.79. The molecule has 1 fully saturated rings. The molecular formula is C17H24BrN3. The van der Waals surface area contributed by atoms with Crippen LogP contribution in [0.1, 0.15) is 57.3 Å². The highest BCUT2D eigenvalue weighted by molar-refractivity contribution is 9.10. The first-order valence-corrected chi connectivity index (χ1v) is 8.91. The van der Waals surface area contributed by atoms with Crippen molar-refractivity contribution in [2.45, 2.75) is 58.0 Å². The minimum Gasteiger partial charge on any atom is -0.327 e. The molecule has 1 heterocycles. The second-order valence-corrected chi connectivity index (χ2v) is 7.09. The molecule has 2 N–H and O–H groups in total. The summed E-state index contributed by atoms with van der Waals surface area (Å²) in [6.07, 6.45) is 7.60. The lowest BCUT2D eigenvalue weighted by atomic mass is 9.84. The number of halogens is 1. The summed E-state index contributed by atoms with van der Waals surface area (Å²) in [5.41, 5.74) is 8.87. The largest absolute Gasteiger partial charge is 0.327 e. The second-order valence-electron chi connectivity index (χ2n) is 6.18. The van der Waals surface area contributed by atoms with E-state index < -0.39 is 0 Å². The third kappa shape index (κ3) is 3.02. The van der Waals surface area contributed by atoms with Crippen LogP contribution in [0.2, 0.25) is 0 Å². The van der Waals surface area contributed by atoms with Crippen LogP contribution < -0.4 is 5.73 Å². The number of hydrogen-bond acceptors (Lipinski definition) is 2. The van der Waals surface area contributed by atoms with Crippen molar-refractivity contribution in [3.05, 3.63) is 28.5 Å². The maximum atomic E-state index is 6.61. The minimum absolute atomic E-state index is 0.0722. The van der Waals surface area contributed by atoms with E-state index in [0.29, 0.717) is 5.92 Å². The van der Waals surface area contributed by atoms with E-state index in [1.807, 2.05) is 0 Å². The van der Waals surface area contributed by atoms with E-state index in [1.54, 1.807) is 0 Å². The normalized spacial score (nSPS) is 18.2. The Hall–Kier alpha value is -0.870. The van der Waals surface area contributed by atoms with Crippen LogP contribution in [0.25, 0.3) is 11.0 Å². The lowest BCUT2D eigenvalue weighted by Crippen LogP contribution is -2.26. The number of aromatic nitrogens is 2. The molecule has 0 saturated heterocycles. The molecule has 1 atom stereocenters. The standard InChI is InChI=1S/C17H24BrN3/c1-2-10-21-15-9-8-13(18)11-14(15)20-17(21)16(19)12-6-4-3-5-7-12/h8-9,11-12,16H,2-7,10,19H2,1H3. The number of rotatable bonds is 4. The molecular weight excluding hydrogens is 326 g/mol. The third-order valence-electron chi connectivity index (χ3n) is 4.64. The molecule has 1 aromatic carbocycles. The number of nitrogens with zero attached hydrogens (tertiary/aromatic N) is 2. The molecule has 0 bridgehead atoms. The lowest BCUT2D eigenvalue weighted by Gasteiger charge is -2.27. The zero-order valence-electron chi connectivity index (χ0n) is 12.7. The summed E-state index contributed by atoms with van der Waals surface area (Å²) in [5, 5.41) is 0. The maximum absolute atomic E-state index is 6.61. The van der Waals surface area contributed by atoms with Crippen LogP contribution in [0.15, 0.2) is 22.7 Å². The molecule has 21 heavy (non-hydrogen) atoms. The fraction of sp³-hybridized carbons (Fsp3) is 0.588. The highest BCUT2D eigenvalue weighted by Gasteiger charge is 2.26. The van der Waals surface area contributed by atoms with Gasteiger partial charge in [0, 0.05) is 11.0 Å². The molecule has 4 heteroatoms. The number of aryl methyl sites for hydroxylation is 1. The van der Waals surface area contributed by atoms with Gasteiger partial charge in [-0.15, -0.1) is 0 Å². The quantitative estimate of drug-likeness (QED) is 0.862. The number of benzene rings is 1. The highest BCUT2D eigenvalue weighted by Crippen LogP contribution is 2.34. The molecule has 3 rings (SSSR count). The molecule has 2 aromatic rings. The first kappa shape index (κ1) is 15.0. The zero-order chi connectivity index (χ0) is 14.8. The summed E-state index contributed by atoms with van der Waals surface area (Å²) < 4.78 is 3.41. The molecule has 1 aliphatic rings. The van der Waals surface area contributed by atoms with Crippen LogP contribution >= 0.6 is 15.9 Å². The van der Waals surface area contributed by atoms with Crippen molar-refractivity contribution in [2.24, 2.45) is 11.7 Å². The molecule has 3 nitrogen and oxygen atoms in total. The number of nitrogens with two attached hydrogens (primary N) is 1. The van der Waals surface area contributed by atoms with Gasteiger partial charge in [0.1, 0.15) is 5.82 Å². The number of hydrogen-bond donors (Lipinski definition) is 1. The Morgan fingerprint density at radius 2 is 2.10 bits per heavy atom. The monoisotopic (exact) mass is 349 g/mol. The molecule has 0 radical (unpaired) electrons. The molecule has 0 aliphatic heterocycles. The van der Waals surface area contributed by atoms with Gasteiger partial charge in [-0.1, -0.05) is 42.1 Å². The van der Waals surface area contributed by atoms with Crippen molar-refractivity contribution in [3.8, 4) is 0 Å². The van der Waals surface area contributed by atoms with Crippen molar-refractivity contribution in [2.75, 3.05) is 0 Å². The Kier molecular flexibility index (Phi) is 4.65. The molecule has 1 unspecified atom stereocenters. The second kappa shape index (κ2) is 6.49. The first-order chi connectivity index (χ1) is 10.2. The van der Waals surface area contributed by atoms with Gasteiger partial charge in [-0.25, -0.2) is 4.98 Å². The summed E-state index contributed by atoms with van der Waals surface area (Å²) >= 11 is 3.54. The molecule has 0 amide bonds. The summed E-state index contributed by atoms with van der Waals surface area (Å²) in [6, 6.07) is 6.41. The van der Waals surface area contributed by atoms with Crippen LogP contribution in [0, 0.1) is 5.92 Å². The molecule has 1 saturated carbocycles. The topological polar surface area (TPSA) is 43.8 Å². The highest BCUT2D eigenvalue weighted by atomic mass is 79.9. The van der Waals surface area contributed by atoms with Gasteiger partial charge in [-0.3, -0.25) is 0 Å². The van der Waals surface area contributed by atoms with E-state index in [2.05, 4.69) is 45.6 Å². The molecule has 1 aromatic heterocycles.